The SMILES string of the molecule is Cc1cc(C(N)=O)ncc1C(c1c(F)ccc(F)c1F)S(=O)(=O)CCC(F)=C(F)F. The van der Waals surface area contributed by atoms with E-state index in [0.717, 1.165) is 12.3 Å². The highest BCUT2D eigenvalue weighted by molar-refractivity contribution is 7.91. The van der Waals surface area contributed by atoms with E-state index in [9.17, 15) is 39.6 Å². The van der Waals surface area contributed by atoms with Crippen LogP contribution in [0.4, 0.5) is 26.3 Å². The summed E-state index contributed by atoms with van der Waals surface area (Å²) in [6, 6.07) is 1.95. The molecule has 0 aliphatic heterocycles. The molecule has 1 unspecified atom stereocenters. The molecule has 1 aromatic heterocycles. The van der Waals surface area contributed by atoms with Gasteiger partial charge in [-0.3, -0.25) is 9.78 Å². The number of sulfone groups is 1. The Labute approximate surface area is 167 Å². The minimum Gasteiger partial charge on any atom is -0.364 e. The van der Waals surface area contributed by atoms with Crippen LogP contribution >= 0.6 is 0 Å². The van der Waals surface area contributed by atoms with Gasteiger partial charge in [0, 0.05) is 18.2 Å². The van der Waals surface area contributed by atoms with E-state index in [1.165, 1.54) is 6.92 Å². The number of primary amides is 1. The van der Waals surface area contributed by atoms with Gasteiger partial charge in [-0.1, -0.05) is 0 Å². The lowest BCUT2D eigenvalue weighted by Crippen LogP contribution is -2.23. The Morgan fingerprint density at radius 3 is 2.27 bits per heavy atom. The first-order chi connectivity index (χ1) is 13.9. The number of allylic oxidation sites excluding steroid dienone is 1. The van der Waals surface area contributed by atoms with E-state index >= 15 is 0 Å². The molecule has 1 heterocycles. The predicted octanol–water partition coefficient (Wildman–Crippen LogP) is 3.88. The van der Waals surface area contributed by atoms with Crippen molar-refractivity contribution in [3.8, 4) is 0 Å². The summed E-state index contributed by atoms with van der Waals surface area (Å²) >= 11 is 0. The van der Waals surface area contributed by atoms with Crippen LogP contribution in [0.2, 0.25) is 0 Å². The van der Waals surface area contributed by atoms with Gasteiger partial charge in [-0.15, -0.1) is 0 Å². The number of rotatable bonds is 7. The molecule has 1 amide bonds. The molecule has 2 aromatic rings. The van der Waals surface area contributed by atoms with Crippen LogP contribution in [0.15, 0.2) is 36.3 Å². The van der Waals surface area contributed by atoms with E-state index in [1.807, 2.05) is 0 Å². The van der Waals surface area contributed by atoms with Crippen LogP contribution in [0.5, 0.6) is 0 Å². The fourth-order valence-corrected chi connectivity index (χ4v) is 4.64. The van der Waals surface area contributed by atoms with Crippen LogP contribution in [0.25, 0.3) is 0 Å². The molecule has 0 bridgehead atoms. The second kappa shape index (κ2) is 8.86. The first-order valence-corrected chi connectivity index (χ1v) is 9.89. The second-order valence-electron chi connectivity index (χ2n) is 6.21. The van der Waals surface area contributed by atoms with E-state index in [4.69, 9.17) is 5.73 Å². The standard InChI is InChI=1S/C18H14F6N2O3S/c1-8-6-13(18(25)27)26-7-9(8)16(14-10(19)2-3-11(20)15(14)22)30(28,29)5-4-12(21)17(23)24/h2-3,6-7,16H,4-5H2,1H3,(H2,25,27). The largest absolute Gasteiger partial charge is 0.364 e. The molecule has 30 heavy (non-hydrogen) atoms. The quantitative estimate of drug-likeness (QED) is 0.510. The monoisotopic (exact) mass is 452 g/mol. The zero-order valence-corrected chi connectivity index (χ0v) is 16.0. The third kappa shape index (κ3) is 4.81. The topological polar surface area (TPSA) is 90.1 Å². The van der Waals surface area contributed by atoms with Crippen molar-refractivity contribution in [1.82, 2.24) is 4.98 Å². The van der Waals surface area contributed by atoms with Gasteiger partial charge in [0.05, 0.1) is 5.75 Å². The van der Waals surface area contributed by atoms with E-state index in [2.05, 4.69) is 4.98 Å². The van der Waals surface area contributed by atoms with Gasteiger partial charge in [0.1, 0.15) is 16.8 Å². The number of aryl methyl sites for hydroxylation is 1. The number of carbonyl (C=O) groups is 1. The highest BCUT2D eigenvalue weighted by atomic mass is 32.2. The fourth-order valence-electron chi connectivity index (χ4n) is 2.73. The van der Waals surface area contributed by atoms with Gasteiger partial charge in [-0.05, 0) is 36.2 Å². The van der Waals surface area contributed by atoms with Gasteiger partial charge in [0.15, 0.2) is 27.3 Å². The van der Waals surface area contributed by atoms with Gasteiger partial charge in [-0.25, -0.2) is 26.0 Å². The molecule has 162 valence electrons. The Kier molecular flexibility index (Phi) is 6.91. The maximum Gasteiger partial charge on any atom is 0.301 e. The predicted molar refractivity (Wildman–Crippen MR) is 94.4 cm³/mol. The van der Waals surface area contributed by atoms with Crippen molar-refractivity contribution in [1.29, 1.82) is 0 Å². The first kappa shape index (κ1) is 23.4. The lowest BCUT2D eigenvalue weighted by molar-refractivity contribution is 0.0995. The lowest BCUT2D eigenvalue weighted by Gasteiger charge is -2.21. The Balaban J connectivity index is 2.73. The maximum atomic E-state index is 14.4. The van der Waals surface area contributed by atoms with E-state index < -0.39 is 68.1 Å². The van der Waals surface area contributed by atoms with Gasteiger partial charge in [0.2, 0.25) is 0 Å². The Morgan fingerprint density at radius 2 is 1.73 bits per heavy atom. The number of halogens is 6. The lowest BCUT2D eigenvalue weighted by atomic mass is 10.00. The molecule has 0 aliphatic rings. The Hall–Kier alpha value is -2.89. The minimum atomic E-state index is -4.78. The Bertz CT molecular complexity index is 1130. The molecule has 1 aromatic carbocycles. The maximum absolute atomic E-state index is 14.4. The summed E-state index contributed by atoms with van der Waals surface area (Å²) < 4.78 is 106. The molecule has 0 aliphatic carbocycles. The molecule has 1 atom stereocenters. The van der Waals surface area contributed by atoms with Crippen LogP contribution in [-0.2, 0) is 9.84 Å². The number of benzene rings is 1. The summed E-state index contributed by atoms with van der Waals surface area (Å²) in [5.41, 5.74) is 3.18. The summed E-state index contributed by atoms with van der Waals surface area (Å²) in [5, 5.41) is -2.25. The highest BCUT2D eigenvalue weighted by Gasteiger charge is 2.36. The molecule has 0 fully saturated rings. The highest BCUT2D eigenvalue weighted by Crippen LogP contribution is 2.37. The molecule has 0 saturated carbocycles. The van der Waals surface area contributed by atoms with Crippen molar-refractivity contribution in [2.45, 2.75) is 18.6 Å². The number of nitrogens with two attached hydrogens (primary N) is 1. The average Bonchev–Trinajstić information content (AvgIpc) is 2.66. The number of aromatic nitrogens is 1. The van der Waals surface area contributed by atoms with Crippen LogP contribution < -0.4 is 5.73 Å². The van der Waals surface area contributed by atoms with Crippen LogP contribution in [0, 0.1) is 24.4 Å². The molecule has 0 radical (unpaired) electrons. The molecule has 0 saturated heterocycles. The summed E-state index contributed by atoms with van der Waals surface area (Å²) in [4.78, 5) is 14.9. The molecule has 2 N–H and O–H groups in total. The van der Waals surface area contributed by atoms with Crippen molar-refractivity contribution in [2.75, 3.05) is 5.75 Å². The van der Waals surface area contributed by atoms with E-state index in [1.54, 1.807) is 0 Å². The summed E-state index contributed by atoms with van der Waals surface area (Å²) in [6.07, 6.45) is -3.22. The Morgan fingerprint density at radius 1 is 1.13 bits per heavy atom. The second-order valence-corrected chi connectivity index (χ2v) is 8.41. The number of carbonyl (C=O) groups excluding carboxylic acids is 1. The van der Waals surface area contributed by atoms with Crippen molar-refractivity contribution >= 4 is 15.7 Å². The number of pyridine rings is 1. The van der Waals surface area contributed by atoms with Gasteiger partial charge in [-0.2, -0.15) is 8.78 Å². The van der Waals surface area contributed by atoms with Crippen LogP contribution in [-0.4, -0.2) is 25.1 Å². The normalized spacial score (nSPS) is 12.5. The molecule has 0 spiro atoms. The number of hydrogen-bond donors (Lipinski definition) is 1. The van der Waals surface area contributed by atoms with Crippen molar-refractivity contribution in [2.24, 2.45) is 5.73 Å². The smallest absolute Gasteiger partial charge is 0.301 e. The average molecular weight is 452 g/mol. The summed E-state index contributed by atoms with van der Waals surface area (Å²) in [7, 11) is -4.78. The fraction of sp³-hybridized carbons (Fsp3) is 0.222. The van der Waals surface area contributed by atoms with E-state index in [0.29, 0.717) is 12.1 Å². The van der Waals surface area contributed by atoms with Crippen molar-refractivity contribution in [3.63, 3.8) is 0 Å². The van der Waals surface area contributed by atoms with Gasteiger partial charge < -0.3 is 5.73 Å². The first-order valence-electron chi connectivity index (χ1n) is 8.17. The summed E-state index contributed by atoms with van der Waals surface area (Å²) in [6.45, 7) is 1.27. The third-order valence-electron chi connectivity index (χ3n) is 4.20. The van der Waals surface area contributed by atoms with Crippen LogP contribution in [0.1, 0.15) is 38.8 Å². The molecular weight excluding hydrogens is 438 g/mol. The summed E-state index contributed by atoms with van der Waals surface area (Å²) in [5.74, 6) is -9.09. The van der Waals surface area contributed by atoms with Gasteiger partial charge >= 0.3 is 6.08 Å². The third-order valence-corrected chi connectivity index (χ3v) is 6.18. The zero-order chi connectivity index (χ0) is 22.8. The van der Waals surface area contributed by atoms with Crippen molar-refractivity contribution < 1.29 is 39.6 Å². The van der Waals surface area contributed by atoms with Crippen molar-refractivity contribution in [3.05, 3.63) is 76.1 Å². The van der Waals surface area contributed by atoms with Gasteiger partial charge in [0.25, 0.3) is 5.91 Å². The number of hydrogen-bond acceptors (Lipinski definition) is 4. The number of amides is 1. The minimum absolute atomic E-state index is 0.0110. The molecule has 2 rings (SSSR count). The molecule has 5 nitrogen and oxygen atoms in total. The molecular formula is C18H14F6N2O3S. The van der Waals surface area contributed by atoms with E-state index in [-0.39, 0.29) is 16.8 Å². The molecule has 12 heteroatoms. The number of nitrogens with zero attached hydrogens (tertiary/aromatic N) is 1. The van der Waals surface area contributed by atoms with Crippen LogP contribution in [0.3, 0.4) is 0 Å². The zero-order valence-electron chi connectivity index (χ0n) is 15.2.